The van der Waals surface area contributed by atoms with Crippen LogP contribution in [-0.2, 0) is 6.54 Å². The maximum Gasteiger partial charge on any atom is 0.286 e. The standard InChI is InChI=1S/C10H6BrClN4O3/c11-8-3-7(16(18)19)5-15(10(8)17)4-6-1-2-9(12)14-13-6/h1-3,5H,4H2. The fraction of sp³-hybridized carbons (Fsp3) is 0.100. The maximum atomic E-state index is 11.8. The lowest BCUT2D eigenvalue weighted by Crippen LogP contribution is -2.21. The predicted octanol–water partition coefficient (Wildman–Crippen LogP) is 2.01. The molecule has 0 radical (unpaired) electrons. The van der Waals surface area contributed by atoms with Gasteiger partial charge in [0, 0.05) is 6.07 Å². The molecule has 7 nitrogen and oxygen atoms in total. The van der Waals surface area contributed by atoms with E-state index < -0.39 is 4.92 Å². The number of hydrogen-bond acceptors (Lipinski definition) is 5. The fourth-order valence-corrected chi connectivity index (χ4v) is 1.97. The minimum Gasteiger partial charge on any atom is -0.302 e. The van der Waals surface area contributed by atoms with Crippen molar-refractivity contribution in [1.29, 1.82) is 0 Å². The van der Waals surface area contributed by atoms with Crippen molar-refractivity contribution in [3.05, 3.63) is 60.2 Å². The Labute approximate surface area is 120 Å². The Morgan fingerprint density at radius 2 is 2.16 bits per heavy atom. The van der Waals surface area contributed by atoms with Gasteiger partial charge in [0.05, 0.1) is 27.8 Å². The molecule has 0 aliphatic rings. The Morgan fingerprint density at radius 1 is 1.42 bits per heavy atom. The van der Waals surface area contributed by atoms with Crippen LogP contribution in [-0.4, -0.2) is 19.7 Å². The Balaban J connectivity index is 2.41. The van der Waals surface area contributed by atoms with E-state index in [1.165, 1.54) is 10.6 Å². The number of halogens is 2. The lowest BCUT2D eigenvalue weighted by molar-refractivity contribution is -0.385. The molecule has 19 heavy (non-hydrogen) atoms. The summed E-state index contributed by atoms with van der Waals surface area (Å²) in [6, 6.07) is 4.28. The van der Waals surface area contributed by atoms with Crippen molar-refractivity contribution in [1.82, 2.24) is 14.8 Å². The van der Waals surface area contributed by atoms with Gasteiger partial charge in [-0.1, -0.05) is 11.6 Å². The first-order chi connectivity index (χ1) is 8.97. The highest BCUT2D eigenvalue weighted by Gasteiger charge is 2.12. The van der Waals surface area contributed by atoms with Gasteiger partial charge in [0.2, 0.25) is 0 Å². The molecule has 2 aromatic heterocycles. The first-order valence-corrected chi connectivity index (χ1v) is 6.17. The van der Waals surface area contributed by atoms with E-state index in [9.17, 15) is 14.9 Å². The van der Waals surface area contributed by atoms with Crippen LogP contribution in [0.5, 0.6) is 0 Å². The third-order valence-electron chi connectivity index (χ3n) is 2.26. The van der Waals surface area contributed by atoms with Crippen LogP contribution in [0, 0.1) is 10.1 Å². The van der Waals surface area contributed by atoms with E-state index >= 15 is 0 Å². The molecule has 2 aromatic rings. The van der Waals surface area contributed by atoms with Crippen LogP contribution in [0.25, 0.3) is 0 Å². The SMILES string of the molecule is O=c1c(Br)cc([N+](=O)[O-])cn1Cc1ccc(Cl)nn1. The topological polar surface area (TPSA) is 90.9 Å². The Bertz CT molecular complexity index is 686. The summed E-state index contributed by atoms with van der Waals surface area (Å²) >= 11 is 8.59. The molecule has 0 bridgehead atoms. The van der Waals surface area contributed by atoms with E-state index in [2.05, 4.69) is 26.1 Å². The van der Waals surface area contributed by atoms with E-state index in [1.54, 1.807) is 6.07 Å². The third-order valence-corrected chi connectivity index (χ3v) is 3.03. The fourth-order valence-electron chi connectivity index (χ4n) is 1.40. The quantitative estimate of drug-likeness (QED) is 0.627. The van der Waals surface area contributed by atoms with Crippen molar-refractivity contribution in [3.63, 3.8) is 0 Å². The number of nitro groups is 1. The molecule has 9 heteroatoms. The zero-order valence-corrected chi connectivity index (χ0v) is 11.6. The summed E-state index contributed by atoms with van der Waals surface area (Å²) in [4.78, 5) is 22.0. The van der Waals surface area contributed by atoms with Crippen molar-refractivity contribution in [2.45, 2.75) is 6.54 Å². The average molecular weight is 346 g/mol. The predicted molar refractivity (Wildman–Crippen MR) is 71.2 cm³/mol. The molecule has 0 N–H and O–H groups in total. The van der Waals surface area contributed by atoms with Crippen LogP contribution in [0.15, 0.2) is 33.7 Å². The summed E-state index contributed by atoms with van der Waals surface area (Å²) in [6.45, 7) is 0.0727. The summed E-state index contributed by atoms with van der Waals surface area (Å²) in [5.41, 5.74) is -0.102. The minimum atomic E-state index is -0.575. The summed E-state index contributed by atoms with van der Waals surface area (Å²) in [6.07, 6.45) is 1.16. The number of nitrogens with zero attached hydrogens (tertiary/aromatic N) is 4. The first kappa shape index (κ1) is 13.6. The van der Waals surface area contributed by atoms with Crippen LogP contribution >= 0.6 is 27.5 Å². The van der Waals surface area contributed by atoms with Crippen molar-refractivity contribution in [2.24, 2.45) is 0 Å². The van der Waals surface area contributed by atoms with Crippen LogP contribution in [0.2, 0.25) is 5.15 Å². The Hall–Kier alpha value is -1.80. The van der Waals surface area contributed by atoms with E-state index in [0.717, 1.165) is 12.3 Å². The van der Waals surface area contributed by atoms with Crippen LogP contribution in [0.3, 0.4) is 0 Å². The highest BCUT2D eigenvalue weighted by molar-refractivity contribution is 9.10. The van der Waals surface area contributed by atoms with Gasteiger partial charge in [-0.25, -0.2) is 0 Å². The molecular formula is C10H6BrClN4O3. The highest BCUT2D eigenvalue weighted by atomic mass is 79.9. The normalized spacial score (nSPS) is 10.4. The molecule has 0 amide bonds. The molecular weight excluding hydrogens is 339 g/mol. The number of rotatable bonds is 3. The molecule has 0 aliphatic carbocycles. The minimum absolute atomic E-state index is 0.0727. The van der Waals surface area contributed by atoms with Gasteiger partial charge in [-0.15, -0.1) is 5.10 Å². The zero-order chi connectivity index (χ0) is 14.0. The molecule has 0 aliphatic heterocycles. The van der Waals surface area contributed by atoms with E-state index in [4.69, 9.17) is 11.6 Å². The second-order valence-corrected chi connectivity index (χ2v) is 4.83. The lowest BCUT2D eigenvalue weighted by atomic mass is 10.3. The molecule has 0 fully saturated rings. The molecule has 0 unspecified atom stereocenters. The second kappa shape index (κ2) is 5.45. The number of hydrogen-bond donors (Lipinski definition) is 0. The van der Waals surface area contributed by atoms with E-state index in [1.807, 2.05) is 0 Å². The molecule has 2 rings (SSSR count). The number of aromatic nitrogens is 3. The Morgan fingerprint density at radius 3 is 2.74 bits per heavy atom. The van der Waals surface area contributed by atoms with E-state index in [0.29, 0.717) is 5.69 Å². The molecule has 0 spiro atoms. The van der Waals surface area contributed by atoms with Gasteiger partial charge in [-0.2, -0.15) is 5.10 Å². The summed E-state index contributed by atoms with van der Waals surface area (Å²) in [7, 11) is 0. The van der Waals surface area contributed by atoms with Gasteiger partial charge >= 0.3 is 0 Å². The third kappa shape index (κ3) is 3.15. The van der Waals surface area contributed by atoms with Gasteiger partial charge in [-0.3, -0.25) is 14.9 Å². The lowest BCUT2D eigenvalue weighted by Gasteiger charge is -2.05. The van der Waals surface area contributed by atoms with Crippen molar-refractivity contribution >= 4 is 33.2 Å². The van der Waals surface area contributed by atoms with E-state index in [-0.39, 0.29) is 27.4 Å². The van der Waals surface area contributed by atoms with Gasteiger partial charge in [0.25, 0.3) is 11.2 Å². The molecule has 0 aromatic carbocycles. The maximum absolute atomic E-state index is 11.8. The number of pyridine rings is 1. The second-order valence-electron chi connectivity index (χ2n) is 3.58. The Kier molecular flexibility index (Phi) is 3.91. The molecule has 0 saturated heterocycles. The van der Waals surface area contributed by atoms with Crippen LogP contribution < -0.4 is 5.56 Å². The van der Waals surface area contributed by atoms with Gasteiger partial charge in [-0.05, 0) is 28.1 Å². The molecule has 98 valence electrons. The summed E-state index contributed by atoms with van der Waals surface area (Å²) in [5, 5.41) is 18.4. The molecule has 0 saturated carbocycles. The van der Waals surface area contributed by atoms with Crippen molar-refractivity contribution in [3.8, 4) is 0 Å². The first-order valence-electron chi connectivity index (χ1n) is 5.00. The zero-order valence-electron chi connectivity index (χ0n) is 9.29. The average Bonchev–Trinajstić information content (AvgIpc) is 2.37. The monoisotopic (exact) mass is 344 g/mol. The van der Waals surface area contributed by atoms with Crippen molar-refractivity contribution in [2.75, 3.05) is 0 Å². The van der Waals surface area contributed by atoms with Gasteiger partial charge in [0.1, 0.15) is 0 Å². The van der Waals surface area contributed by atoms with Gasteiger partial charge in [0.15, 0.2) is 5.15 Å². The van der Waals surface area contributed by atoms with Crippen LogP contribution in [0.1, 0.15) is 5.69 Å². The van der Waals surface area contributed by atoms with Gasteiger partial charge < -0.3 is 4.57 Å². The molecule has 2 heterocycles. The molecule has 0 atom stereocenters. The largest absolute Gasteiger partial charge is 0.302 e. The smallest absolute Gasteiger partial charge is 0.286 e. The summed E-state index contributed by atoms with van der Waals surface area (Å²) in [5.74, 6) is 0. The highest BCUT2D eigenvalue weighted by Crippen LogP contribution is 2.14. The van der Waals surface area contributed by atoms with Crippen LogP contribution in [0.4, 0.5) is 5.69 Å². The summed E-state index contributed by atoms with van der Waals surface area (Å²) < 4.78 is 1.30. The van der Waals surface area contributed by atoms with Crippen molar-refractivity contribution < 1.29 is 4.92 Å².